The van der Waals surface area contributed by atoms with E-state index in [1.807, 2.05) is 0 Å². The molecule has 0 fully saturated rings. The summed E-state index contributed by atoms with van der Waals surface area (Å²) in [6, 6.07) is 3.94. The van der Waals surface area contributed by atoms with Gasteiger partial charge in [-0.2, -0.15) is 18.3 Å². The number of hydrogen-bond acceptors (Lipinski definition) is 3. The molecule has 4 nitrogen and oxygen atoms in total. The molecule has 84 valence electrons. The van der Waals surface area contributed by atoms with Crippen LogP contribution in [0.3, 0.4) is 0 Å². The third-order valence-corrected chi connectivity index (χ3v) is 1.92. The van der Waals surface area contributed by atoms with Crippen molar-refractivity contribution in [3.05, 3.63) is 36.3 Å². The lowest BCUT2D eigenvalue weighted by Gasteiger charge is -2.02. The van der Waals surface area contributed by atoms with Crippen LogP contribution in [0.4, 0.5) is 19.0 Å². The molecule has 0 bridgehead atoms. The summed E-state index contributed by atoms with van der Waals surface area (Å²) in [6.07, 6.45) is -1.61. The summed E-state index contributed by atoms with van der Waals surface area (Å²) in [6.45, 7) is 0. The highest BCUT2D eigenvalue weighted by molar-refractivity contribution is 5.41. The van der Waals surface area contributed by atoms with E-state index in [-0.39, 0.29) is 5.82 Å². The van der Waals surface area contributed by atoms with E-state index in [1.165, 1.54) is 12.4 Å². The van der Waals surface area contributed by atoms with E-state index >= 15 is 0 Å². The van der Waals surface area contributed by atoms with E-state index < -0.39 is 11.9 Å². The summed E-state index contributed by atoms with van der Waals surface area (Å²) in [5.74, 6) is -0.0830. The van der Waals surface area contributed by atoms with Crippen LogP contribution in [0.2, 0.25) is 0 Å². The summed E-state index contributed by atoms with van der Waals surface area (Å²) >= 11 is 0. The number of pyridine rings is 1. The van der Waals surface area contributed by atoms with E-state index in [9.17, 15) is 13.2 Å². The molecule has 0 aromatic carbocycles. The Morgan fingerprint density at radius 2 is 2.06 bits per heavy atom. The molecule has 0 saturated carbocycles. The molecule has 0 aliphatic rings. The van der Waals surface area contributed by atoms with Gasteiger partial charge in [-0.3, -0.25) is 4.98 Å². The largest absolute Gasteiger partial charge is 0.435 e. The van der Waals surface area contributed by atoms with Crippen LogP contribution >= 0.6 is 0 Å². The lowest BCUT2D eigenvalue weighted by Crippen LogP contribution is -2.07. The standard InChI is InChI=1S/C9H7F3N4/c10-9(11,12)7-4-8(13)16(15-7)6-2-1-3-14-5-6/h1-5H,13H2. The maximum Gasteiger partial charge on any atom is 0.435 e. The minimum absolute atomic E-state index is 0.0830. The number of nitrogens with two attached hydrogens (primary N) is 1. The molecule has 0 saturated heterocycles. The molecule has 0 spiro atoms. The molecule has 0 unspecified atom stereocenters. The fraction of sp³-hybridized carbons (Fsp3) is 0.111. The zero-order valence-electron chi connectivity index (χ0n) is 7.94. The van der Waals surface area contributed by atoms with E-state index in [0.29, 0.717) is 5.69 Å². The molecular formula is C9H7F3N4. The van der Waals surface area contributed by atoms with Crippen LogP contribution in [-0.2, 0) is 6.18 Å². The first-order valence-electron chi connectivity index (χ1n) is 4.31. The van der Waals surface area contributed by atoms with E-state index in [1.54, 1.807) is 12.1 Å². The molecule has 0 aliphatic carbocycles. The lowest BCUT2D eigenvalue weighted by atomic mass is 10.4. The topological polar surface area (TPSA) is 56.7 Å². The van der Waals surface area contributed by atoms with Crippen LogP contribution in [0.1, 0.15) is 5.69 Å². The minimum Gasteiger partial charge on any atom is -0.384 e. The second kappa shape index (κ2) is 3.51. The average Bonchev–Trinajstić information content (AvgIpc) is 2.61. The van der Waals surface area contributed by atoms with Crippen molar-refractivity contribution in [2.24, 2.45) is 0 Å². The molecule has 16 heavy (non-hydrogen) atoms. The zero-order chi connectivity index (χ0) is 11.8. The van der Waals surface area contributed by atoms with Crippen molar-refractivity contribution in [2.45, 2.75) is 6.18 Å². The number of aromatic nitrogens is 3. The van der Waals surface area contributed by atoms with Gasteiger partial charge in [0.15, 0.2) is 5.69 Å². The quantitative estimate of drug-likeness (QED) is 0.810. The van der Waals surface area contributed by atoms with Gasteiger partial charge >= 0.3 is 6.18 Å². The first-order chi connectivity index (χ1) is 7.48. The molecule has 0 aliphatic heterocycles. The third kappa shape index (κ3) is 1.83. The number of halogens is 3. The summed E-state index contributed by atoms with van der Waals surface area (Å²) in [5, 5.41) is 3.38. The van der Waals surface area contributed by atoms with Gasteiger partial charge in [0.05, 0.1) is 11.9 Å². The Labute approximate surface area is 88.5 Å². The Morgan fingerprint density at radius 1 is 1.31 bits per heavy atom. The molecule has 0 atom stereocenters. The molecule has 2 heterocycles. The van der Waals surface area contributed by atoms with Crippen LogP contribution in [0.15, 0.2) is 30.6 Å². The van der Waals surface area contributed by atoms with Gasteiger partial charge in [-0.05, 0) is 12.1 Å². The second-order valence-electron chi connectivity index (χ2n) is 3.08. The Kier molecular flexibility index (Phi) is 2.30. The fourth-order valence-corrected chi connectivity index (χ4v) is 1.22. The SMILES string of the molecule is Nc1cc(C(F)(F)F)nn1-c1cccnc1. The Morgan fingerprint density at radius 3 is 2.56 bits per heavy atom. The van der Waals surface area contributed by atoms with E-state index in [2.05, 4.69) is 10.1 Å². The molecule has 2 aromatic heterocycles. The summed E-state index contributed by atoms with van der Waals surface area (Å²) in [4.78, 5) is 3.78. The van der Waals surface area contributed by atoms with Crippen molar-refractivity contribution in [3.63, 3.8) is 0 Å². The Hall–Kier alpha value is -2.05. The molecule has 0 radical (unpaired) electrons. The normalized spacial score (nSPS) is 11.7. The lowest BCUT2D eigenvalue weighted by molar-refractivity contribution is -0.141. The van der Waals surface area contributed by atoms with Crippen molar-refractivity contribution < 1.29 is 13.2 Å². The maximum absolute atomic E-state index is 12.3. The highest BCUT2D eigenvalue weighted by atomic mass is 19.4. The third-order valence-electron chi connectivity index (χ3n) is 1.92. The van der Waals surface area contributed by atoms with Gasteiger partial charge in [0.25, 0.3) is 0 Å². The first kappa shape index (κ1) is 10.5. The van der Waals surface area contributed by atoms with Crippen molar-refractivity contribution in [1.82, 2.24) is 14.8 Å². The highest BCUT2D eigenvalue weighted by Gasteiger charge is 2.34. The van der Waals surface area contributed by atoms with Gasteiger partial charge in [-0.25, -0.2) is 4.68 Å². The van der Waals surface area contributed by atoms with Gasteiger partial charge in [-0.15, -0.1) is 0 Å². The van der Waals surface area contributed by atoms with Crippen LogP contribution in [0.25, 0.3) is 5.69 Å². The van der Waals surface area contributed by atoms with Gasteiger partial charge < -0.3 is 5.73 Å². The molecule has 2 aromatic rings. The first-order valence-corrected chi connectivity index (χ1v) is 4.31. The van der Waals surface area contributed by atoms with Crippen molar-refractivity contribution in [1.29, 1.82) is 0 Å². The predicted octanol–water partition coefficient (Wildman–Crippen LogP) is 1.87. The number of rotatable bonds is 1. The second-order valence-corrected chi connectivity index (χ2v) is 3.08. The van der Waals surface area contributed by atoms with Crippen LogP contribution in [-0.4, -0.2) is 14.8 Å². The fourth-order valence-electron chi connectivity index (χ4n) is 1.22. The summed E-state index contributed by atoms with van der Waals surface area (Å²) in [5.41, 5.74) is 4.81. The maximum atomic E-state index is 12.3. The minimum atomic E-state index is -4.50. The Bertz CT molecular complexity index is 489. The highest BCUT2D eigenvalue weighted by Crippen LogP contribution is 2.29. The summed E-state index contributed by atoms with van der Waals surface area (Å²) in [7, 11) is 0. The molecule has 0 amide bonds. The zero-order valence-corrected chi connectivity index (χ0v) is 7.94. The molecule has 2 N–H and O–H groups in total. The molecule has 2 rings (SSSR count). The van der Waals surface area contributed by atoms with Crippen LogP contribution in [0.5, 0.6) is 0 Å². The van der Waals surface area contributed by atoms with Crippen molar-refractivity contribution >= 4 is 5.82 Å². The predicted molar refractivity (Wildman–Crippen MR) is 50.8 cm³/mol. The number of hydrogen-bond donors (Lipinski definition) is 1. The summed E-state index contributed by atoms with van der Waals surface area (Å²) < 4.78 is 38.0. The number of nitrogen functional groups attached to an aromatic ring is 1. The number of anilines is 1. The Balaban J connectivity index is 2.48. The van der Waals surface area contributed by atoms with Gasteiger partial charge in [0.2, 0.25) is 0 Å². The molecular weight excluding hydrogens is 221 g/mol. The van der Waals surface area contributed by atoms with Crippen LogP contribution < -0.4 is 5.73 Å². The number of alkyl halides is 3. The smallest absolute Gasteiger partial charge is 0.384 e. The van der Waals surface area contributed by atoms with Gasteiger partial charge in [0.1, 0.15) is 5.82 Å². The van der Waals surface area contributed by atoms with Crippen LogP contribution in [0, 0.1) is 0 Å². The van der Waals surface area contributed by atoms with Gasteiger partial charge in [-0.1, -0.05) is 0 Å². The van der Waals surface area contributed by atoms with Gasteiger partial charge in [0, 0.05) is 12.3 Å². The van der Waals surface area contributed by atoms with Crippen molar-refractivity contribution in [3.8, 4) is 5.69 Å². The van der Waals surface area contributed by atoms with Crippen molar-refractivity contribution in [2.75, 3.05) is 5.73 Å². The monoisotopic (exact) mass is 228 g/mol. The molecule has 7 heteroatoms. The van der Waals surface area contributed by atoms with E-state index in [4.69, 9.17) is 5.73 Å². The van der Waals surface area contributed by atoms with E-state index in [0.717, 1.165) is 10.7 Å². The number of nitrogens with zero attached hydrogens (tertiary/aromatic N) is 3. The average molecular weight is 228 g/mol.